The van der Waals surface area contributed by atoms with Crippen LogP contribution in [0.3, 0.4) is 0 Å². The van der Waals surface area contributed by atoms with Crippen molar-refractivity contribution in [1.82, 2.24) is 9.97 Å². The highest BCUT2D eigenvalue weighted by molar-refractivity contribution is 6.29. The summed E-state index contributed by atoms with van der Waals surface area (Å²) in [5, 5.41) is 0.362. The molecule has 0 aliphatic heterocycles. The Bertz CT molecular complexity index is 369. The van der Waals surface area contributed by atoms with E-state index in [1.165, 1.54) is 0 Å². The summed E-state index contributed by atoms with van der Waals surface area (Å²) in [4.78, 5) is 8.29. The first-order chi connectivity index (χ1) is 7.67. The standard InChI is InChI=1S/C11H15ClN2O2/c1-4-15-7-11-13-9(6-10(12)14-11)8(3)16-5-2/h6H,3-5,7H2,1-2H3. The minimum absolute atomic E-state index is 0.337. The molecule has 0 spiro atoms. The Kier molecular flexibility index (Phi) is 5.22. The molecule has 0 amide bonds. The first kappa shape index (κ1) is 12.9. The van der Waals surface area contributed by atoms with E-state index in [-0.39, 0.29) is 0 Å². The molecule has 4 nitrogen and oxygen atoms in total. The van der Waals surface area contributed by atoms with Gasteiger partial charge in [-0.25, -0.2) is 9.97 Å². The van der Waals surface area contributed by atoms with Crippen molar-refractivity contribution in [2.75, 3.05) is 13.2 Å². The fourth-order valence-corrected chi connectivity index (χ4v) is 1.31. The maximum atomic E-state index is 5.87. The molecule has 0 saturated heterocycles. The third kappa shape index (κ3) is 3.79. The third-order valence-electron chi connectivity index (χ3n) is 1.78. The second kappa shape index (κ2) is 6.45. The molecule has 0 radical (unpaired) electrons. The predicted molar refractivity (Wildman–Crippen MR) is 63.0 cm³/mol. The quantitative estimate of drug-likeness (QED) is 0.568. The van der Waals surface area contributed by atoms with Gasteiger partial charge >= 0.3 is 0 Å². The summed E-state index contributed by atoms with van der Waals surface area (Å²) < 4.78 is 10.5. The molecule has 0 aromatic carbocycles. The summed E-state index contributed by atoms with van der Waals surface area (Å²) in [5.74, 6) is 1.02. The Morgan fingerprint density at radius 2 is 2.12 bits per heavy atom. The number of hydrogen-bond donors (Lipinski definition) is 0. The number of hydrogen-bond acceptors (Lipinski definition) is 4. The summed E-state index contributed by atoms with van der Waals surface area (Å²) in [6.45, 7) is 9.04. The van der Waals surface area contributed by atoms with Crippen LogP contribution >= 0.6 is 11.6 Å². The van der Waals surface area contributed by atoms with Crippen LogP contribution in [0.1, 0.15) is 25.4 Å². The fraction of sp³-hybridized carbons (Fsp3) is 0.455. The van der Waals surface area contributed by atoms with Gasteiger partial charge < -0.3 is 9.47 Å². The Balaban J connectivity index is 2.84. The van der Waals surface area contributed by atoms with Crippen molar-refractivity contribution in [2.45, 2.75) is 20.5 Å². The smallest absolute Gasteiger partial charge is 0.156 e. The second-order valence-electron chi connectivity index (χ2n) is 2.99. The van der Waals surface area contributed by atoms with E-state index in [1.54, 1.807) is 6.07 Å². The highest BCUT2D eigenvalue weighted by Gasteiger charge is 2.07. The molecule has 0 aliphatic carbocycles. The van der Waals surface area contributed by atoms with E-state index in [0.717, 1.165) is 0 Å². The van der Waals surface area contributed by atoms with E-state index in [1.807, 2.05) is 13.8 Å². The molecule has 0 N–H and O–H groups in total. The van der Waals surface area contributed by atoms with Gasteiger partial charge in [-0.05, 0) is 13.8 Å². The second-order valence-corrected chi connectivity index (χ2v) is 3.37. The van der Waals surface area contributed by atoms with Gasteiger partial charge in [0.2, 0.25) is 0 Å². The zero-order valence-corrected chi connectivity index (χ0v) is 10.3. The van der Waals surface area contributed by atoms with Crippen LogP contribution in [0, 0.1) is 0 Å². The van der Waals surface area contributed by atoms with Crippen LogP contribution in [0.4, 0.5) is 0 Å². The molecule has 0 atom stereocenters. The van der Waals surface area contributed by atoms with Crippen molar-refractivity contribution in [3.63, 3.8) is 0 Å². The van der Waals surface area contributed by atoms with E-state index in [0.29, 0.717) is 42.3 Å². The molecule has 0 fully saturated rings. The molecule has 1 aromatic heterocycles. The number of rotatable bonds is 6. The van der Waals surface area contributed by atoms with Crippen LogP contribution < -0.4 is 0 Å². The van der Waals surface area contributed by atoms with Crippen LogP contribution in [-0.2, 0) is 16.1 Å². The van der Waals surface area contributed by atoms with Crippen LogP contribution in [0.5, 0.6) is 0 Å². The molecule has 16 heavy (non-hydrogen) atoms. The molecule has 0 unspecified atom stereocenters. The Morgan fingerprint density at radius 1 is 1.38 bits per heavy atom. The highest BCUT2D eigenvalue weighted by atomic mass is 35.5. The normalized spacial score (nSPS) is 10.2. The third-order valence-corrected chi connectivity index (χ3v) is 1.97. The van der Waals surface area contributed by atoms with E-state index >= 15 is 0 Å². The van der Waals surface area contributed by atoms with Crippen molar-refractivity contribution in [3.05, 3.63) is 29.3 Å². The lowest BCUT2D eigenvalue weighted by Crippen LogP contribution is -2.03. The molecular formula is C11H15ClN2O2. The van der Waals surface area contributed by atoms with Crippen molar-refractivity contribution < 1.29 is 9.47 Å². The molecule has 5 heteroatoms. The fourth-order valence-electron chi connectivity index (χ4n) is 1.11. The summed E-state index contributed by atoms with van der Waals surface area (Å²) >= 11 is 5.87. The zero-order valence-electron chi connectivity index (χ0n) is 9.49. The van der Waals surface area contributed by atoms with Crippen molar-refractivity contribution >= 4 is 17.4 Å². The molecular weight excluding hydrogens is 228 g/mol. The Morgan fingerprint density at radius 3 is 2.75 bits per heavy atom. The number of nitrogens with zero attached hydrogens (tertiary/aromatic N) is 2. The lowest BCUT2D eigenvalue weighted by molar-refractivity contribution is 0.128. The molecule has 0 saturated carbocycles. The first-order valence-corrected chi connectivity index (χ1v) is 5.48. The van der Waals surface area contributed by atoms with Crippen LogP contribution in [0.25, 0.3) is 5.76 Å². The molecule has 0 bridgehead atoms. The van der Waals surface area contributed by atoms with Gasteiger partial charge in [0.15, 0.2) is 5.82 Å². The first-order valence-electron chi connectivity index (χ1n) is 5.10. The van der Waals surface area contributed by atoms with Gasteiger partial charge in [0.05, 0.1) is 6.61 Å². The summed E-state index contributed by atoms with van der Waals surface area (Å²) in [5.41, 5.74) is 0.594. The maximum absolute atomic E-state index is 5.87. The van der Waals surface area contributed by atoms with Gasteiger partial charge in [-0.1, -0.05) is 18.2 Å². The average molecular weight is 243 g/mol. The zero-order chi connectivity index (χ0) is 12.0. The van der Waals surface area contributed by atoms with Gasteiger partial charge in [0.25, 0.3) is 0 Å². The summed E-state index contributed by atoms with van der Waals surface area (Å²) in [6, 6.07) is 1.62. The van der Waals surface area contributed by atoms with Crippen LogP contribution in [0.15, 0.2) is 12.6 Å². The van der Waals surface area contributed by atoms with E-state index in [9.17, 15) is 0 Å². The minimum Gasteiger partial charge on any atom is -0.492 e. The van der Waals surface area contributed by atoms with E-state index < -0.39 is 0 Å². The van der Waals surface area contributed by atoms with Crippen molar-refractivity contribution in [3.8, 4) is 0 Å². The molecule has 1 aromatic rings. The molecule has 88 valence electrons. The summed E-state index contributed by atoms with van der Waals surface area (Å²) in [7, 11) is 0. The largest absolute Gasteiger partial charge is 0.492 e. The van der Waals surface area contributed by atoms with Gasteiger partial charge in [-0.3, -0.25) is 0 Å². The molecule has 1 rings (SSSR count). The SMILES string of the molecule is C=C(OCC)c1cc(Cl)nc(COCC)n1. The number of ether oxygens (including phenoxy) is 2. The highest BCUT2D eigenvalue weighted by Crippen LogP contribution is 2.15. The Hall–Kier alpha value is -1.13. The number of aromatic nitrogens is 2. The minimum atomic E-state index is 0.337. The van der Waals surface area contributed by atoms with Crippen molar-refractivity contribution in [1.29, 1.82) is 0 Å². The lowest BCUT2D eigenvalue weighted by Gasteiger charge is -2.08. The van der Waals surface area contributed by atoms with E-state index in [2.05, 4.69) is 16.5 Å². The van der Waals surface area contributed by atoms with Crippen LogP contribution in [-0.4, -0.2) is 23.2 Å². The van der Waals surface area contributed by atoms with Gasteiger partial charge in [0.1, 0.15) is 23.2 Å². The van der Waals surface area contributed by atoms with Gasteiger partial charge in [0, 0.05) is 12.7 Å². The average Bonchev–Trinajstić information content (AvgIpc) is 2.26. The van der Waals surface area contributed by atoms with Gasteiger partial charge in [-0.15, -0.1) is 0 Å². The van der Waals surface area contributed by atoms with Crippen LogP contribution in [0.2, 0.25) is 5.15 Å². The van der Waals surface area contributed by atoms with Crippen molar-refractivity contribution in [2.24, 2.45) is 0 Å². The maximum Gasteiger partial charge on any atom is 0.156 e. The molecule has 1 heterocycles. The Labute approximate surface area is 100 Å². The number of halogens is 1. The monoisotopic (exact) mass is 242 g/mol. The molecule has 0 aliphatic rings. The van der Waals surface area contributed by atoms with E-state index in [4.69, 9.17) is 21.1 Å². The topological polar surface area (TPSA) is 44.2 Å². The lowest BCUT2D eigenvalue weighted by atomic mass is 10.3. The van der Waals surface area contributed by atoms with Gasteiger partial charge in [-0.2, -0.15) is 0 Å². The predicted octanol–water partition coefficient (Wildman–Crippen LogP) is 2.67. The summed E-state index contributed by atoms with van der Waals surface area (Å²) in [6.07, 6.45) is 0.